The van der Waals surface area contributed by atoms with Crippen molar-refractivity contribution in [2.75, 3.05) is 24.5 Å². The molecule has 2 aromatic rings. The Morgan fingerprint density at radius 1 is 1.32 bits per heavy atom. The zero-order chi connectivity index (χ0) is 15.4. The van der Waals surface area contributed by atoms with Crippen LogP contribution in [0.4, 0.5) is 5.13 Å². The van der Waals surface area contributed by atoms with Gasteiger partial charge in [0.25, 0.3) is 0 Å². The third-order valence-corrected chi connectivity index (χ3v) is 4.71. The van der Waals surface area contributed by atoms with E-state index in [1.165, 1.54) is 11.5 Å². The van der Waals surface area contributed by atoms with E-state index >= 15 is 0 Å². The van der Waals surface area contributed by atoms with Crippen molar-refractivity contribution in [1.29, 1.82) is 0 Å². The van der Waals surface area contributed by atoms with Crippen LogP contribution in [0, 0.1) is 5.92 Å². The molecule has 5 nitrogen and oxygen atoms in total. The van der Waals surface area contributed by atoms with Crippen LogP contribution in [0.15, 0.2) is 30.3 Å². The van der Waals surface area contributed by atoms with Gasteiger partial charge >= 0.3 is 0 Å². The highest BCUT2D eigenvalue weighted by Gasteiger charge is 2.26. The van der Waals surface area contributed by atoms with E-state index in [0.29, 0.717) is 6.54 Å². The molecule has 116 valence electrons. The molecule has 1 aromatic heterocycles. The van der Waals surface area contributed by atoms with E-state index in [1.54, 1.807) is 0 Å². The lowest BCUT2D eigenvalue weighted by Gasteiger charge is -2.30. The van der Waals surface area contributed by atoms with E-state index in [4.69, 9.17) is 0 Å². The number of amides is 1. The number of nitrogens with one attached hydrogen (secondary N) is 1. The smallest absolute Gasteiger partial charge is 0.223 e. The summed E-state index contributed by atoms with van der Waals surface area (Å²) in [5, 5.41) is 3.86. The predicted octanol–water partition coefficient (Wildman–Crippen LogP) is 2.56. The van der Waals surface area contributed by atoms with Crippen molar-refractivity contribution in [3.63, 3.8) is 0 Å². The van der Waals surface area contributed by atoms with Crippen LogP contribution in [0.25, 0.3) is 11.4 Å². The zero-order valence-electron chi connectivity index (χ0n) is 12.7. The molecule has 0 unspecified atom stereocenters. The van der Waals surface area contributed by atoms with Gasteiger partial charge in [0.15, 0.2) is 5.82 Å². The van der Waals surface area contributed by atoms with Crippen molar-refractivity contribution >= 4 is 22.6 Å². The zero-order valence-corrected chi connectivity index (χ0v) is 13.5. The van der Waals surface area contributed by atoms with Gasteiger partial charge in [-0.1, -0.05) is 30.3 Å². The van der Waals surface area contributed by atoms with Gasteiger partial charge in [-0.05, 0) is 19.8 Å². The summed E-state index contributed by atoms with van der Waals surface area (Å²) in [6.45, 7) is 4.39. The van der Waals surface area contributed by atoms with Gasteiger partial charge in [-0.25, -0.2) is 0 Å². The van der Waals surface area contributed by atoms with Gasteiger partial charge in [0.1, 0.15) is 0 Å². The summed E-state index contributed by atoms with van der Waals surface area (Å²) in [6.07, 6.45) is 1.76. The summed E-state index contributed by atoms with van der Waals surface area (Å²) in [4.78, 5) is 18.8. The number of nitrogens with zero attached hydrogens (tertiary/aromatic N) is 3. The van der Waals surface area contributed by atoms with Crippen LogP contribution in [-0.4, -0.2) is 34.9 Å². The van der Waals surface area contributed by atoms with E-state index in [-0.39, 0.29) is 11.8 Å². The van der Waals surface area contributed by atoms with Gasteiger partial charge in [-0.2, -0.15) is 9.36 Å². The maximum absolute atomic E-state index is 11.9. The fourth-order valence-corrected chi connectivity index (χ4v) is 3.44. The minimum absolute atomic E-state index is 0.137. The maximum atomic E-state index is 11.9. The lowest BCUT2D eigenvalue weighted by atomic mass is 9.96. The molecular weight excluding hydrogens is 296 g/mol. The number of carbonyl (C=O) groups excluding carboxylic acids is 1. The van der Waals surface area contributed by atoms with Gasteiger partial charge in [-0.3, -0.25) is 4.79 Å². The first-order valence-corrected chi connectivity index (χ1v) is 8.47. The van der Waals surface area contributed by atoms with Crippen molar-refractivity contribution < 1.29 is 4.79 Å². The molecule has 0 bridgehead atoms. The monoisotopic (exact) mass is 316 g/mol. The number of hydrogen-bond acceptors (Lipinski definition) is 5. The summed E-state index contributed by atoms with van der Waals surface area (Å²) in [6, 6.07) is 10.0. The molecule has 0 aliphatic carbocycles. The largest absolute Gasteiger partial charge is 0.356 e. The van der Waals surface area contributed by atoms with Gasteiger partial charge in [0.05, 0.1) is 0 Å². The second-order valence-electron chi connectivity index (χ2n) is 5.42. The summed E-state index contributed by atoms with van der Waals surface area (Å²) in [5.41, 5.74) is 1.04. The maximum Gasteiger partial charge on any atom is 0.223 e. The van der Waals surface area contributed by atoms with E-state index in [0.717, 1.165) is 42.5 Å². The molecule has 0 spiro atoms. The molecule has 1 aromatic carbocycles. The summed E-state index contributed by atoms with van der Waals surface area (Å²) < 4.78 is 4.45. The topological polar surface area (TPSA) is 58.1 Å². The van der Waals surface area contributed by atoms with Crippen LogP contribution in [0.5, 0.6) is 0 Å². The van der Waals surface area contributed by atoms with Crippen LogP contribution in [-0.2, 0) is 4.79 Å². The number of rotatable bonds is 4. The highest BCUT2D eigenvalue weighted by molar-refractivity contribution is 7.09. The molecule has 1 saturated heterocycles. The van der Waals surface area contributed by atoms with Gasteiger partial charge in [0, 0.05) is 42.6 Å². The molecule has 2 heterocycles. The number of aromatic nitrogens is 2. The summed E-state index contributed by atoms with van der Waals surface area (Å²) in [5.74, 6) is 1.11. The molecule has 22 heavy (non-hydrogen) atoms. The Balaban J connectivity index is 1.63. The first-order chi connectivity index (χ1) is 10.8. The fourth-order valence-electron chi connectivity index (χ4n) is 2.70. The number of carbonyl (C=O) groups is 1. The van der Waals surface area contributed by atoms with Crippen LogP contribution >= 0.6 is 11.5 Å². The number of hydrogen-bond donors (Lipinski definition) is 1. The minimum atomic E-state index is 0.137. The third kappa shape index (κ3) is 3.27. The SMILES string of the molecule is CCNC(=O)C1CCN(c2nc(-c3ccccc3)ns2)CC1. The molecule has 1 aliphatic rings. The minimum Gasteiger partial charge on any atom is -0.356 e. The lowest BCUT2D eigenvalue weighted by Crippen LogP contribution is -2.40. The Labute approximate surface area is 134 Å². The van der Waals surface area contributed by atoms with E-state index in [9.17, 15) is 4.79 Å². The van der Waals surface area contributed by atoms with Crippen molar-refractivity contribution in [3.8, 4) is 11.4 Å². The third-order valence-electron chi connectivity index (χ3n) is 3.93. The quantitative estimate of drug-likeness (QED) is 0.942. The average Bonchev–Trinajstić information content (AvgIpc) is 3.06. The molecule has 0 radical (unpaired) electrons. The van der Waals surface area contributed by atoms with Crippen molar-refractivity contribution in [2.45, 2.75) is 19.8 Å². The molecular formula is C16H20N4OS. The standard InChI is InChI=1S/C16H20N4OS/c1-2-17-15(21)13-8-10-20(11-9-13)16-18-14(19-22-16)12-6-4-3-5-7-12/h3-7,13H,2,8-11H2,1H3,(H,17,21). The fraction of sp³-hybridized carbons (Fsp3) is 0.438. The Bertz CT molecular complexity index is 620. The van der Waals surface area contributed by atoms with Crippen molar-refractivity contribution in [3.05, 3.63) is 30.3 Å². The van der Waals surface area contributed by atoms with Gasteiger partial charge < -0.3 is 10.2 Å². The van der Waals surface area contributed by atoms with Crippen LogP contribution in [0.1, 0.15) is 19.8 Å². The van der Waals surface area contributed by atoms with Gasteiger partial charge in [-0.15, -0.1) is 0 Å². The first-order valence-electron chi connectivity index (χ1n) is 7.69. The lowest BCUT2D eigenvalue weighted by molar-refractivity contribution is -0.125. The molecule has 0 saturated carbocycles. The van der Waals surface area contributed by atoms with Gasteiger partial charge in [0.2, 0.25) is 11.0 Å². The molecule has 3 rings (SSSR count). The Hall–Kier alpha value is -1.95. The normalized spacial score (nSPS) is 15.8. The molecule has 1 amide bonds. The Kier molecular flexibility index (Phi) is 4.68. The average molecular weight is 316 g/mol. The Morgan fingerprint density at radius 3 is 2.73 bits per heavy atom. The van der Waals surface area contributed by atoms with Crippen molar-refractivity contribution in [2.24, 2.45) is 5.92 Å². The van der Waals surface area contributed by atoms with Crippen molar-refractivity contribution in [1.82, 2.24) is 14.7 Å². The molecule has 0 atom stereocenters. The second-order valence-corrected chi connectivity index (χ2v) is 6.15. The second kappa shape index (κ2) is 6.87. The highest BCUT2D eigenvalue weighted by atomic mass is 32.1. The molecule has 1 fully saturated rings. The number of anilines is 1. The highest BCUT2D eigenvalue weighted by Crippen LogP contribution is 2.27. The van der Waals surface area contributed by atoms with E-state index < -0.39 is 0 Å². The molecule has 1 aliphatic heterocycles. The first kappa shape index (κ1) is 15.0. The number of piperidine rings is 1. The summed E-state index contributed by atoms with van der Waals surface area (Å²) >= 11 is 1.44. The molecule has 1 N–H and O–H groups in total. The van der Waals surface area contributed by atoms with Crippen LogP contribution < -0.4 is 10.2 Å². The molecule has 6 heteroatoms. The summed E-state index contributed by atoms with van der Waals surface area (Å²) in [7, 11) is 0. The Morgan fingerprint density at radius 2 is 2.05 bits per heavy atom. The van der Waals surface area contributed by atoms with E-state index in [1.807, 2.05) is 37.3 Å². The number of benzene rings is 1. The van der Waals surface area contributed by atoms with Crippen LogP contribution in [0.3, 0.4) is 0 Å². The van der Waals surface area contributed by atoms with Crippen LogP contribution in [0.2, 0.25) is 0 Å². The predicted molar refractivity (Wildman–Crippen MR) is 89.0 cm³/mol. The van der Waals surface area contributed by atoms with E-state index in [2.05, 4.69) is 19.6 Å².